The molecule has 0 amide bonds. The molecule has 4 heteroatoms. The fraction of sp³-hybridized carbons (Fsp3) is 0.111. The molecule has 0 N–H and O–H groups in total. The van der Waals surface area contributed by atoms with Gasteiger partial charge in [-0.15, -0.1) is 0 Å². The molecule has 0 aliphatic carbocycles. The number of carbonyl (C=O) groups is 1. The molecule has 13 heavy (non-hydrogen) atoms. The molecule has 68 valence electrons. The number of aromatic nitrogens is 1. The van der Waals surface area contributed by atoms with Crippen LogP contribution in [0.1, 0.15) is 0 Å². The number of hydrogen-bond acceptors (Lipinski definition) is 3. The van der Waals surface area contributed by atoms with Crippen molar-refractivity contribution < 1.29 is 9.53 Å². The third-order valence-corrected chi connectivity index (χ3v) is 1.51. The first-order valence-corrected chi connectivity index (χ1v) is 4.00. The van der Waals surface area contributed by atoms with Gasteiger partial charge in [0, 0.05) is 12.3 Å². The molecule has 0 atom stereocenters. The topological polar surface area (TPSA) is 39.2 Å². The Balaban J connectivity index is 2.50. The average molecular weight is 198 g/mol. The summed E-state index contributed by atoms with van der Waals surface area (Å²) in [5, 5.41) is 0.530. The molecule has 0 aliphatic rings. The maximum absolute atomic E-state index is 10.8. The summed E-state index contributed by atoms with van der Waals surface area (Å²) in [5.41, 5.74) is 0. The summed E-state index contributed by atoms with van der Waals surface area (Å²) < 4.78 is 5.02. The first kappa shape index (κ1) is 9.74. The minimum absolute atomic E-state index is 0.0435. The van der Waals surface area contributed by atoms with Gasteiger partial charge in [-0.05, 0) is 12.1 Å². The van der Waals surface area contributed by atoms with E-state index in [0.29, 0.717) is 10.9 Å². The van der Waals surface area contributed by atoms with E-state index in [1.165, 1.54) is 12.3 Å². The van der Waals surface area contributed by atoms with Crippen molar-refractivity contribution in [3.8, 4) is 5.88 Å². The number of ether oxygens (including phenoxy) is 1. The van der Waals surface area contributed by atoms with Gasteiger partial charge in [0.05, 0.1) is 5.02 Å². The van der Waals surface area contributed by atoms with E-state index >= 15 is 0 Å². The fourth-order valence-corrected chi connectivity index (χ4v) is 0.763. The molecule has 1 aromatic rings. The van der Waals surface area contributed by atoms with Crippen molar-refractivity contribution in [1.82, 2.24) is 4.98 Å². The van der Waals surface area contributed by atoms with Crippen LogP contribution < -0.4 is 4.74 Å². The number of ketones is 1. The zero-order valence-corrected chi connectivity index (χ0v) is 7.62. The van der Waals surface area contributed by atoms with Gasteiger partial charge in [0.25, 0.3) is 0 Å². The van der Waals surface area contributed by atoms with E-state index in [-0.39, 0.29) is 12.4 Å². The highest BCUT2D eigenvalue weighted by Gasteiger charge is 1.98. The third-order valence-electron chi connectivity index (χ3n) is 1.29. The number of nitrogens with zero attached hydrogens (tertiary/aromatic N) is 1. The zero-order chi connectivity index (χ0) is 9.68. The lowest BCUT2D eigenvalue weighted by atomic mass is 10.4. The van der Waals surface area contributed by atoms with E-state index in [1.807, 2.05) is 0 Å². The number of rotatable bonds is 4. The molecule has 0 unspecified atom stereocenters. The smallest absolute Gasteiger partial charge is 0.213 e. The van der Waals surface area contributed by atoms with Crippen LogP contribution in [0.3, 0.4) is 0 Å². The van der Waals surface area contributed by atoms with E-state index in [0.717, 1.165) is 0 Å². The highest BCUT2D eigenvalue weighted by atomic mass is 35.5. The molecule has 0 radical (unpaired) electrons. The summed E-state index contributed by atoms with van der Waals surface area (Å²) in [6.45, 7) is 3.27. The van der Waals surface area contributed by atoms with Gasteiger partial charge < -0.3 is 4.74 Å². The molecule has 0 fully saturated rings. The standard InChI is InChI=1S/C9H8ClNO2/c1-2-8(12)6-13-9-4-3-7(10)5-11-9/h2-5H,1,6H2. The van der Waals surface area contributed by atoms with Gasteiger partial charge in [-0.25, -0.2) is 4.98 Å². The minimum atomic E-state index is -0.184. The number of pyridine rings is 1. The molecule has 1 heterocycles. The first-order chi connectivity index (χ1) is 6.22. The SMILES string of the molecule is C=CC(=O)COc1ccc(Cl)cn1. The van der Waals surface area contributed by atoms with Crippen LogP contribution in [0, 0.1) is 0 Å². The summed E-state index contributed by atoms with van der Waals surface area (Å²) in [6, 6.07) is 3.24. The van der Waals surface area contributed by atoms with E-state index in [9.17, 15) is 4.79 Å². The molecule has 0 spiro atoms. The normalized spacial score (nSPS) is 9.31. The van der Waals surface area contributed by atoms with Crippen molar-refractivity contribution in [2.45, 2.75) is 0 Å². The Morgan fingerprint density at radius 3 is 3.00 bits per heavy atom. The average Bonchev–Trinajstić information content (AvgIpc) is 2.16. The second-order valence-corrected chi connectivity index (χ2v) is 2.71. The minimum Gasteiger partial charge on any atom is -0.469 e. The molecule has 0 aliphatic heterocycles. The van der Waals surface area contributed by atoms with Crippen LogP contribution in [0.25, 0.3) is 0 Å². The summed E-state index contributed by atoms with van der Waals surface area (Å²) in [4.78, 5) is 14.6. The van der Waals surface area contributed by atoms with Crippen LogP contribution in [0.5, 0.6) is 5.88 Å². The molecule has 1 rings (SSSR count). The van der Waals surface area contributed by atoms with E-state index in [2.05, 4.69) is 11.6 Å². The Labute approximate surface area is 81.0 Å². The summed E-state index contributed by atoms with van der Waals surface area (Å²) in [7, 11) is 0. The quantitative estimate of drug-likeness (QED) is 0.692. The lowest BCUT2D eigenvalue weighted by Crippen LogP contribution is -2.08. The van der Waals surface area contributed by atoms with Gasteiger partial charge in [0.1, 0.15) is 0 Å². The van der Waals surface area contributed by atoms with E-state index < -0.39 is 0 Å². The summed E-state index contributed by atoms with van der Waals surface area (Å²) >= 11 is 5.60. The van der Waals surface area contributed by atoms with Crippen molar-refractivity contribution in [2.24, 2.45) is 0 Å². The van der Waals surface area contributed by atoms with Crippen molar-refractivity contribution >= 4 is 17.4 Å². The predicted octanol–water partition coefficient (Wildman–Crippen LogP) is 1.87. The molecule has 1 aromatic heterocycles. The highest BCUT2D eigenvalue weighted by molar-refractivity contribution is 6.30. The highest BCUT2D eigenvalue weighted by Crippen LogP contribution is 2.11. The number of hydrogen-bond donors (Lipinski definition) is 0. The van der Waals surface area contributed by atoms with Gasteiger partial charge >= 0.3 is 0 Å². The Hall–Kier alpha value is -1.35. The first-order valence-electron chi connectivity index (χ1n) is 3.62. The Morgan fingerprint density at radius 1 is 1.69 bits per heavy atom. The Kier molecular flexibility index (Phi) is 3.46. The van der Waals surface area contributed by atoms with Crippen LogP contribution in [0.2, 0.25) is 5.02 Å². The van der Waals surface area contributed by atoms with Crippen molar-refractivity contribution in [2.75, 3.05) is 6.61 Å². The van der Waals surface area contributed by atoms with Gasteiger partial charge in [-0.3, -0.25) is 4.79 Å². The third kappa shape index (κ3) is 3.25. The van der Waals surface area contributed by atoms with E-state index in [1.54, 1.807) is 12.1 Å². The predicted molar refractivity (Wildman–Crippen MR) is 49.9 cm³/mol. The van der Waals surface area contributed by atoms with Crippen LogP contribution >= 0.6 is 11.6 Å². The Morgan fingerprint density at radius 2 is 2.46 bits per heavy atom. The van der Waals surface area contributed by atoms with Crippen molar-refractivity contribution in [3.63, 3.8) is 0 Å². The summed E-state index contributed by atoms with van der Waals surface area (Å²) in [5.74, 6) is 0.191. The van der Waals surface area contributed by atoms with Crippen LogP contribution in [0.15, 0.2) is 31.0 Å². The molecule has 0 bridgehead atoms. The Bertz CT molecular complexity index is 308. The zero-order valence-electron chi connectivity index (χ0n) is 6.87. The molecular formula is C9H8ClNO2. The van der Waals surface area contributed by atoms with Crippen molar-refractivity contribution in [1.29, 1.82) is 0 Å². The fourth-order valence-electron chi connectivity index (χ4n) is 0.652. The van der Waals surface area contributed by atoms with Gasteiger partial charge in [-0.2, -0.15) is 0 Å². The number of carbonyl (C=O) groups excluding carboxylic acids is 1. The van der Waals surface area contributed by atoms with Gasteiger partial charge in [0.2, 0.25) is 5.88 Å². The largest absolute Gasteiger partial charge is 0.469 e. The van der Waals surface area contributed by atoms with Crippen LogP contribution in [-0.2, 0) is 4.79 Å². The molecule has 0 saturated carbocycles. The molecule has 0 saturated heterocycles. The lowest BCUT2D eigenvalue weighted by Gasteiger charge is -2.01. The molecule has 0 aromatic carbocycles. The molecular weight excluding hydrogens is 190 g/mol. The number of halogens is 1. The summed E-state index contributed by atoms with van der Waals surface area (Å²) in [6.07, 6.45) is 2.66. The van der Waals surface area contributed by atoms with Gasteiger partial charge in [0.15, 0.2) is 12.4 Å². The molecule has 3 nitrogen and oxygen atoms in total. The maximum Gasteiger partial charge on any atom is 0.213 e. The van der Waals surface area contributed by atoms with Crippen LogP contribution in [-0.4, -0.2) is 17.4 Å². The maximum atomic E-state index is 10.8. The second-order valence-electron chi connectivity index (χ2n) is 2.27. The monoisotopic (exact) mass is 197 g/mol. The van der Waals surface area contributed by atoms with Crippen LogP contribution in [0.4, 0.5) is 0 Å². The van der Waals surface area contributed by atoms with Crippen molar-refractivity contribution in [3.05, 3.63) is 36.0 Å². The second kappa shape index (κ2) is 4.62. The van der Waals surface area contributed by atoms with E-state index in [4.69, 9.17) is 16.3 Å². The lowest BCUT2D eigenvalue weighted by molar-refractivity contribution is -0.116. The van der Waals surface area contributed by atoms with Gasteiger partial charge in [-0.1, -0.05) is 18.2 Å².